The van der Waals surface area contributed by atoms with E-state index >= 15 is 0 Å². The Bertz CT molecular complexity index is 1140. The molecule has 1 aliphatic heterocycles. The molecule has 0 radical (unpaired) electrons. The lowest BCUT2D eigenvalue weighted by molar-refractivity contribution is -0.152. The highest BCUT2D eigenvalue weighted by molar-refractivity contribution is 7.89. The molecule has 32 heavy (non-hydrogen) atoms. The van der Waals surface area contributed by atoms with E-state index in [4.69, 9.17) is 16.3 Å². The third-order valence-electron chi connectivity index (χ3n) is 4.86. The number of hydrogen-bond acceptors (Lipinski definition) is 5. The summed E-state index contributed by atoms with van der Waals surface area (Å²) in [5.41, 5.74) is 0.230. The molecule has 7 nitrogen and oxygen atoms in total. The molecule has 1 heterocycles. The van der Waals surface area contributed by atoms with Gasteiger partial charge < -0.3 is 10.1 Å². The second kappa shape index (κ2) is 9.88. The minimum Gasteiger partial charge on any atom is -0.455 e. The molecule has 12 heteroatoms. The fourth-order valence-corrected chi connectivity index (χ4v) is 4.81. The molecular weight excluding hydrogens is 473 g/mol. The number of hydrogen-bond donors (Lipinski definition) is 1. The van der Waals surface area contributed by atoms with Gasteiger partial charge in [-0.1, -0.05) is 11.6 Å². The van der Waals surface area contributed by atoms with E-state index in [9.17, 15) is 31.2 Å². The molecule has 0 unspecified atom stereocenters. The quantitative estimate of drug-likeness (QED) is 0.627. The van der Waals surface area contributed by atoms with Gasteiger partial charge in [0.25, 0.3) is 5.91 Å². The number of rotatable bonds is 6. The predicted octanol–water partition coefficient (Wildman–Crippen LogP) is 3.34. The SMILES string of the molecule is O=C(COC(=O)C1CCN(S(=O)(=O)c2ccc(F)c(F)c2)CC1)Nc1ccc(F)c(Cl)c1. The van der Waals surface area contributed by atoms with Crippen LogP contribution in [0.2, 0.25) is 5.02 Å². The van der Waals surface area contributed by atoms with Crippen molar-refractivity contribution < 1.29 is 35.9 Å². The number of sulfonamides is 1. The van der Waals surface area contributed by atoms with E-state index in [-0.39, 0.29) is 41.5 Å². The van der Waals surface area contributed by atoms with E-state index in [1.165, 1.54) is 12.1 Å². The van der Waals surface area contributed by atoms with Crippen molar-refractivity contribution in [3.05, 3.63) is 58.9 Å². The van der Waals surface area contributed by atoms with E-state index < -0.39 is 51.9 Å². The van der Waals surface area contributed by atoms with Crippen molar-refractivity contribution >= 4 is 39.2 Å². The number of nitrogens with one attached hydrogen (secondary N) is 1. The van der Waals surface area contributed by atoms with Crippen LogP contribution in [0.15, 0.2) is 41.3 Å². The number of carbonyl (C=O) groups excluding carboxylic acids is 2. The zero-order valence-corrected chi connectivity index (χ0v) is 18.1. The standard InChI is InChI=1S/C20H18ClF3N2O5S/c21-15-9-13(1-3-16(15)22)25-19(27)11-31-20(28)12-5-7-26(8-6-12)32(29,30)14-2-4-17(23)18(24)10-14/h1-4,9-10,12H,5-8,11H2,(H,25,27). The summed E-state index contributed by atoms with van der Waals surface area (Å²) < 4.78 is 70.9. The Morgan fingerprint density at radius 1 is 1.03 bits per heavy atom. The number of carbonyl (C=O) groups is 2. The first-order valence-electron chi connectivity index (χ1n) is 9.44. The lowest BCUT2D eigenvalue weighted by Crippen LogP contribution is -2.41. The molecule has 1 N–H and O–H groups in total. The van der Waals surface area contributed by atoms with Gasteiger partial charge in [-0.15, -0.1) is 0 Å². The van der Waals surface area contributed by atoms with Crippen LogP contribution in [-0.2, 0) is 24.3 Å². The summed E-state index contributed by atoms with van der Waals surface area (Å²) in [6.45, 7) is -0.635. The summed E-state index contributed by atoms with van der Waals surface area (Å²) in [4.78, 5) is 23.8. The van der Waals surface area contributed by atoms with Crippen molar-refractivity contribution in [2.24, 2.45) is 5.92 Å². The molecule has 172 valence electrons. The summed E-state index contributed by atoms with van der Waals surface area (Å²) in [7, 11) is -4.04. The van der Waals surface area contributed by atoms with E-state index in [0.29, 0.717) is 6.07 Å². The van der Waals surface area contributed by atoms with E-state index in [2.05, 4.69) is 5.32 Å². The zero-order valence-electron chi connectivity index (χ0n) is 16.5. The van der Waals surface area contributed by atoms with Crippen LogP contribution in [-0.4, -0.2) is 44.3 Å². The Kier molecular flexibility index (Phi) is 7.42. The second-order valence-corrected chi connectivity index (χ2v) is 9.38. The molecule has 2 aromatic rings. The van der Waals surface area contributed by atoms with Crippen molar-refractivity contribution in [1.82, 2.24) is 4.31 Å². The molecule has 0 bridgehead atoms. The van der Waals surface area contributed by atoms with Gasteiger partial charge in [0.05, 0.1) is 15.8 Å². The Labute approximate surface area is 187 Å². The summed E-state index contributed by atoms with van der Waals surface area (Å²) >= 11 is 5.63. The zero-order chi connectivity index (χ0) is 23.5. The normalized spacial score (nSPS) is 15.4. The Hall–Kier alpha value is -2.63. The number of halogens is 4. The van der Waals surface area contributed by atoms with Crippen LogP contribution >= 0.6 is 11.6 Å². The number of benzene rings is 2. The summed E-state index contributed by atoms with van der Waals surface area (Å²) in [6.07, 6.45) is 0.272. The van der Waals surface area contributed by atoms with Crippen molar-refractivity contribution in [3.8, 4) is 0 Å². The number of ether oxygens (including phenoxy) is 1. The van der Waals surface area contributed by atoms with Crippen LogP contribution < -0.4 is 5.32 Å². The van der Waals surface area contributed by atoms with Crippen molar-refractivity contribution in [2.75, 3.05) is 25.0 Å². The second-order valence-electron chi connectivity index (χ2n) is 7.04. The highest BCUT2D eigenvalue weighted by Crippen LogP contribution is 2.25. The van der Waals surface area contributed by atoms with Gasteiger partial charge in [-0.05, 0) is 49.2 Å². The Balaban J connectivity index is 1.50. The van der Waals surface area contributed by atoms with Gasteiger partial charge in [-0.3, -0.25) is 9.59 Å². The molecule has 0 atom stereocenters. The minimum absolute atomic E-state index is 0.0264. The largest absolute Gasteiger partial charge is 0.455 e. The van der Waals surface area contributed by atoms with Gasteiger partial charge >= 0.3 is 5.97 Å². The summed E-state index contributed by atoms with van der Waals surface area (Å²) in [5.74, 6) is -5.02. The fourth-order valence-electron chi connectivity index (χ4n) is 3.14. The highest BCUT2D eigenvalue weighted by Gasteiger charge is 2.33. The van der Waals surface area contributed by atoms with E-state index in [1.54, 1.807) is 0 Å². The van der Waals surface area contributed by atoms with Crippen LogP contribution in [0.25, 0.3) is 0 Å². The first kappa shape index (κ1) is 24.0. The van der Waals surface area contributed by atoms with E-state index in [1.807, 2.05) is 0 Å². The smallest absolute Gasteiger partial charge is 0.309 e. The Morgan fingerprint density at radius 3 is 2.31 bits per heavy atom. The molecule has 1 fully saturated rings. The molecule has 1 saturated heterocycles. The summed E-state index contributed by atoms with van der Waals surface area (Å²) in [5, 5.41) is 2.23. The average molecular weight is 491 g/mol. The average Bonchev–Trinajstić information content (AvgIpc) is 2.76. The monoisotopic (exact) mass is 490 g/mol. The molecule has 3 rings (SSSR count). The third-order valence-corrected chi connectivity index (χ3v) is 7.05. The van der Waals surface area contributed by atoms with Crippen LogP contribution in [0, 0.1) is 23.4 Å². The molecule has 1 aliphatic rings. The van der Waals surface area contributed by atoms with E-state index in [0.717, 1.165) is 22.5 Å². The molecular formula is C20H18ClF3N2O5S. The van der Waals surface area contributed by atoms with Gasteiger partial charge in [0.2, 0.25) is 10.0 Å². The molecule has 0 spiro atoms. The van der Waals surface area contributed by atoms with Crippen molar-refractivity contribution in [1.29, 1.82) is 0 Å². The van der Waals surface area contributed by atoms with Crippen LogP contribution in [0.1, 0.15) is 12.8 Å². The summed E-state index contributed by atoms with van der Waals surface area (Å²) in [6, 6.07) is 5.90. The molecule has 0 saturated carbocycles. The van der Waals surface area contributed by atoms with Crippen LogP contribution in [0.5, 0.6) is 0 Å². The number of nitrogens with zero attached hydrogens (tertiary/aromatic N) is 1. The number of amides is 1. The maximum atomic E-state index is 13.4. The van der Waals surface area contributed by atoms with Gasteiger partial charge in [0.1, 0.15) is 5.82 Å². The van der Waals surface area contributed by atoms with Gasteiger partial charge in [-0.2, -0.15) is 4.31 Å². The van der Waals surface area contributed by atoms with Gasteiger partial charge in [0.15, 0.2) is 18.2 Å². The van der Waals surface area contributed by atoms with Crippen molar-refractivity contribution in [3.63, 3.8) is 0 Å². The maximum absolute atomic E-state index is 13.4. The third kappa shape index (κ3) is 5.59. The molecule has 2 aromatic carbocycles. The molecule has 0 aliphatic carbocycles. The predicted molar refractivity (Wildman–Crippen MR) is 109 cm³/mol. The first-order chi connectivity index (χ1) is 15.1. The number of esters is 1. The number of piperidine rings is 1. The number of anilines is 1. The lowest BCUT2D eigenvalue weighted by Gasteiger charge is -2.30. The Morgan fingerprint density at radius 2 is 1.69 bits per heavy atom. The van der Waals surface area contributed by atoms with Gasteiger partial charge in [0, 0.05) is 18.8 Å². The van der Waals surface area contributed by atoms with Crippen molar-refractivity contribution in [2.45, 2.75) is 17.7 Å². The van der Waals surface area contributed by atoms with Crippen LogP contribution in [0.4, 0.5) is 18.9 Å². The topological polar surface area (TPSA) is 92.8 Å². The van der Waals surface area contributed by atoms with Gasteiger partial charge in [-0.25, -0.2) is 21.6 Å². The minimum atomic E-state index is -4.04. The fraction of sp³-hybridized carbons (Fsp3) is 0.300. The lowest BCUT2D eigenvalue weighted by atomic mass is 9.98. The highest BCUT2D eigenvalue weighted by atomic mass is 35.5. The molecule has 1 amide bonds. The molecule has 0 aromatic heterocycles. The van der Waals surface area contributed by atoms with Crippen LogP contribution in [0.3, 0.4) is 0 Å². The first-order valence-corrected chi connectivity index (χ1v) is 11.3. The maximum Gasteiger partial charge on any atom is 0.309 e.